The quantitative estimate of drug-likeness (QED) is 0.751. The Kier molecular flexibility index (Phi) is 3.44. The van der Waals surface area contributed by atoms with E-state index in [9.17, 15) is 9.90 Å². The molecule has 2 aromatic rings. The van der Waals surface area contributed by atoms with Gasteiger partial charge >= 0.3 is 0 Å². The number of anilines is 1. The van der Waals surface area contributed by atoms with Crippen molar-refractivity contribution in [2.75, 3.05) is 11.9 Å². The lowest BCUT2D eigenvalue weighted by molar-refractivity contribution is -0.125. The molecule has 2 rings (SSSR count). The molecule has 96 valence electrons. The van der Waals surface area contributed by atoms with Crippen molar-refractivity contribution in [2.24, 2.45) is 5.73 Å². The number of carbonyl (C=O) groups is 1. The van der Waals surface area contributed by atoms with Gasteiger partial charge in [0.25, 0.3) is 0 Å². The number of carbonyl (C=O) groups excluding carboxylic acids is 1. The smallest absolute Gasteiger partial charge is 0.248 e. The van der Waals surface area contributed by atoms with E-state index in [4.69, 9.17) is 5.73 Å². The van der Waals surface area contributed by atoms with Crippen molar-refractivity contribution in [1.29, 1.82) is 0 Å². The lowest BCUT2D eigenvalue weighted by Gasteiger charge is -2.09. The van der Waals surface area contributed by atoms with Crippen LogP contribution in [0, 0.1) is 13.8 Å². The summed E-state index contributed by atoms with van der Waals surface area (Å²) in [5.41, 5.74) is 6.09. The lowest BCUT2D eigenvalue weighted by Crippen LogP contribution is -2.34. The molecule has 7 heteroatoms. The van der Waals surface area contributed by atoms with Gasteiger partial charge in [-0.2, -0.15) is 0 Å². The van der Waals surface area contributed by atoms with E-state index in [-0.39, 0.29) is 6.54 Å². The molecule has 1 amide bonds. The standard InChI is InChI=1S/C11H14N4O2S/c1-5-6(2)18-11-8(5)10(14-4-15-11)13-3-7(16)9(12)17/h4,7,16H,3H2,1-2H3,(H2,12,17)(H,13,14,15). The van der Waals surface area contributed by atoms with Crippen molar-refractivity contribution in [3.8, 4) is 0 Å². The summed E-state index contributed by atoms with van der Waals surface area (Å²) in [6.45, 7) is 4.05. The minimum atomic E-state index is -1.23. The van der Waals surface area contributed by atoms with Crippen LogP contribution in [0.15, 0.2) is 6.33 Å². The molecule has 0 spiro atoms. The second-order valence-corrected chi connectivity index (χ2v) is 5.19. The number of thiophene rings is 1. The van der Waals surface area contributed by atoms with Crippen molar-refractivity contribution >= 4 is 33.3 Å². The number of hydrogen-bond donors (Lipinski definition) is 3. The average molecular weight is 266 g/mol. The fourth-order valence-electron chi connectivity index (χ4n) is 1.61. The Labute approximate surface area is 108 Å². The summed E-state index contributed by atoms with van der Waals surface area (Å²) < 4.78 is 0. The Morgan fingerprint density at radius 3 is 2.94 bits per heavy atom. The predicted molar refractivity (Wildman–Crippen MR) is 70.6 cm³/mol. The molecule has 0 aromatic carbocycles. The zero-order chi connectivity index (χ0) is 13.3. The molecule has 0 aliphatic heterocycles. The van der Waals surface area contributed by atoms with Gasteiger partial charge < -0.3 is 16.2 Å². The maximum Gasteiger partial charge on any atom is 0.248 e. The highest BCUT2D eigenvalue weighted by Crippen LogP contribution is 2.32. The molecule has 0 aliphatic rings. The molecular formula is C11H14N4O2S. The first-order chi connectivity index (χ1) is 8.50. The van der Waals surface area contributed by atoms with Crippen molar-refractivity contribution in [2.45, 2.75) is 20.0 Å². The summed E-state index contributed by atoms with van der Waals surface area (Å²) in [7, 11) is 0. The number of nitrogens with zero attached hydrogens (tertiary/aromatic N) is 2. The third kappa shape index (κ3) is 2.27. The zero-order valence-corrected chi connectivity index (χ0v) is 10.9. The Bertz CT molecular complexity index is 596. The summed E-state index contributed by atoms with van der Waals surface area (Å²) in [5, 5.41) is 13.2. The van der Waals surface area contributed by atoms with Crippen LogP contribution in [0.4, 0.5) is 5.82 Å². The van der Waals surface area contributed by atoms with Crippen LogP contribution in [0.5, 0.6) is 0 Å². The number of aryl methyl sites for hydroxylation is 2. The molecule has 0 saturated heterocycles. The van der Waals surface area contributed by atoms with E-state index in [0.29, 0.717) is 5.82 Å². The Morgan fingerprint density at radius 1 is 1.56 bits per heavy atom. The first-order valence-corrected chi connectivity index (χ1v) is 6.24. The second kappa shape index (κ2) is 4.87. The minimum absolute atomic E-state index is 0.0375. The van der Waals surface area contributed by atoms with E-state index in [2.05, 4.69) is 15.3 Å². The lowest BCUT2D eigenvalue weighted by atomic mass is 10.2. The molecule has 0 saturated carbocycles. The van der Waals surface area contributed by atoms with Crippen LogP contribution in [0.3, 0.4) is 0 Å². The van der Waals surface area contributed by atoms with Gasteiger partial charge in [-0.15, -0.1) is 11.3 Å². The van der Waals surface area contributed by atoms with Gasteiger partial charge in [-0.1, -0.05) is 0 Å². The van der Waals surface area contributed by atoms with Crippen LogP contribution in [0.2, 0.25) is 0 Å². The SMILES string of the molecule is Cc1sc2ncnc(NCC(O)C(N)=O)c2c1C. The first-order valence-electron chi connectivity index (χ1n) is 5.42. The number of amides is 1. The summed E-state index contributed by atoms with van der Waals surface area (Å²) in [6, 6.07) is 0. The average Bonchev–Trinajstić information content (AvgIpc) is 2.62. The molecule has 6 nitrogen and oxygen atoms in total. The number of aromatic nitrogens is 2. The fraction of sp³-hybridized carbons (Fsp3) is 0.364. The van der Waals surface area contributed by atoms with Gasteiger partial charge in [0.15, 0.2) is 0 Å². The van der Waals surface area contributed by atoms with Crippen molar-refractivity contribution in [3.05, 3.63) is 16.8 Å². The van der Waals surface area contributed by atoms with Gasteiger partial charge in [0, 0.05) is 4.88 Å². The van der Waals surface area contributed by atoms with Gasteiger partial charge in [-0.05, 0) is 19.4 Å². The zero-order valence-electron chi connectivity index (χ0n) is 10.1. The molecule has 1 unspecified atom stereocenters. The molecular weight excluding hydrogens is 252 g/mol. The minimum Gasteiger partial charge on any atom is -0.381 e. The number of fused-ring (bicyclic) bond motifs is 1. The highest BCUT2D eigenvalue weighted by atomic mass is 32.1. The van der Waals surface area contributed by atoms with E-state index < -0.39 is 12.0 Å². The van der Waals surface area contributed by atoms with Crippen molar-refractivity contribution < 1.29 is 9.90 Å². The van der Waals surface area contributed by atoms with Crippen molar-refractivity contribution in [1.82, 2.24) is 9.97 Å². The Morgan fingerprint density at radius 2 is 2.28 bits per heavy atom. The molecule has 18 heavy (non-hydrogen) atoms. The Balaban J connectivity index is 2.31. The van der Waals surface area contributed by atoms with E-state index in [1.165, 1.54) is 11.2 Å². The monoisotopic (exact) mass is 266 g/mol. The third-order valence-corrected chi connectivity index (χ3v) is 3.87. The molecule has 0 fully saturated rings. The number of nitrogens with two attached hydrogens (primary N) is 1. The molecule has 1 atom stereocenters. The van der Waals surface area contributed by atoms with E-state index >= 15 is 0 Å². The number of aliphatic hydroxyl groups is 1. The topological polar surface area (TPSA) is 101 Å². The number of nitrogens with one attached hydrogen (secondary N) is 1. The second-order valence-electron chi connectivity index (χ2n) is 3.98. The fourth-order valence-corrected chi connectivity index (χ4v) is 2.61. The maximum absolute atomic E-state index is 10.8. The summed E-state index contributed by atoms with van der Waals surface area (Å²) in [4.78, 5) is 21.1. The van der Waals surface area contributed by atoms with Gasteiger partial charge in [0.05, 0.1) is 11.9 Å². The summed E-state index contributed by atoms with van der Waals surface area (Å²) in [5.74, 6) is -0.145. The van der Waals surface area contributed by atoms with Crippen LogP contribution in [0.1, 0.15) is 10.4 Å². The number of aliphatic hydroxyl groups excluding tert-OH is 1. The molecule has 4 N–H and O–H groups in total. The van der Waals surface area contributed by atoms with Crippen LogP contribution >= 0.6 is 11.3 Å². The molecule has 2 heterocycles. The van der Waals surface area contributed by atoms with E-state index in [1.807, 2.05) is 13.8 Å². The number of primary amides is 1. The Hall–Kier alpha value is -1.73. The predicted octanol–water partition coefficient (Wildman–Crippen LogP) is 0.566. The summed E-state index contributed by atoms with van der Waals surface area (Å²) in [6.07, 6.45) is 0.228. The van der Waals surface area contributed by atoms with Gasteiger partial charge in [0.2, 0.25) is 5.91 Å². The number of hydrogen-bond acceptors (Lipinski definition) is 6. The number of rotatable bonds is 4. The third-order valence-electron chi connectivity index (χ3n) is 2.76. The van der Waals surface area contributed by atoms with Crippen LogP contribution in [0.25, 0.3) is 10.2 Å². The first kappa shape index (κ1) is 12.7. The van der Waals surface area contributed by atoms with Crippen molar-refractivity contribution in [3.63, 3.8) is 0 Å². The highest BCUT2D eigenvalue weighted by Gasteiger charge is 2.14. The van der Waals surface area contributed by atoms with Crippen LogP contribution in [-0.2, 0) is 4.79 Å². The molecule has 0 bridgehead atoms. The molecule has 0 radical (unpaired) electrons. The summed E-state index contributed by atoms with van der Waals surface area (Å²) >= 11 is 1.59. The largest absolute Gasteiger partial charge is 0.381 e. The normalized spacial score (nSPS) is 12.6. The molecule has 0 aliphatic carbocycles. The van der Waals surface area contributed by atoms with E-state index in [0.717, 1.165) is 15.8 Å². The van der Waals surface area contributed by atoms with Gasteiger partial charge in [0.1, 0.15) is 23.1 Å². The van der Waals surface area contributed by atoms with Crippen LogP contribution < -0.4 is 11.1 Å². The highest BCUT2D eigenvalue weighted by molar-refractivity contribution is 7.18. The van der Waals surface area contributed by atoms with Gasteiger partial charge in [-0.25, -0.2) is 9.97 Å². The van der Waals surface area contributed by atoms with Gasteiger partial charge in [-0.3, -0.25) is 4.79 Å². The molecule has 2 aromatic heterocycles. The maximum atomic E-state index is 10.8. The van der Waals surface area contributed by atoms with Crippen LogP contribution in [-0.4, -0.2) is 33.6 Å². The van der Waals surface area contributed by atoms with E-state index in [1.54, 1.807) is 11.3 Å².